The topological polar surface area (TPSA) is 113 Å². The average molecular weight is 518 g/mol. The third kappa shape index (κ3) is 7.35. The number of sulfonamides is 1. The molecular weight excluding hydrogens is 486 g/mol. The number of carbonyl (C=O) groups excluding carboxylic acids is 1. The van der Waals surface area contributed by atoms with Crippen molar-refractivity contribution in [2.24, 2.45) is 5.92 Å². The zero-order valence-corrected chi connectivity index (χ0v) is 21.5. The summed E-state index contributed by atoms with van der Waals surface area (Å²) in [4.78, 5) is 13.4. The molecule has 188 valence electrons. The van der Waals surface area contributed by atoms with Crippen LogP contribution in [0.4, 0.5) is 0 Å². The highest BCUT2D eigenvalue weighted by molar-refractivity contribution is 7.89. The van der Waals surface area contributed by atoms with Gasteiger partial charge in [0, 0.05) is 24.4 Å². The van der Waals surface area contributed by atoms with Crippen LogP contribution >= 0.6 is 11.3 Å². The van der Waals surface area contributed by atoms with Crippen LogP contribution in [0.15, 0.2) is 76.1 Å². The highest BCUT2D eigenvalue weighted by Gasteiger charge is 2.33. The molecule has 0 aliphatic rings. The molecule has 35 heavy (non-hydrogen) atoms. The molecule has 0 spiro atoms. The van der Waals surface area contributed by atoms with Gasteiger partial charge in [-0.1, -0.05) is 54.6 Å². The van der Waals surface area contributed by atoms with Gasteiger partial charge >= 0.3 is 0 Å². The molecule has 2 N–H and O–H groups in total. The van der Waals surface area contributed by atoms with Gasteiger partial charge in [0.25, 0.3) is 0 Å². The van der Waals surface area contributed by atoms with E-state index in [9.17, 15) is 18.3 Å². The van der Waals surface area contributed by atoms with E-state index in [1.54, 1.807) is 6.08 Å². The number of aryl methyl sites for hydroxylation is 1. The average Bonchev–Trinajstić information content (AvgIpc) is 3.50. The number of benzene rings is 1. The third-order valence-corrected chi connectivity index (χ3v) is 8.41. The summed E-state index contributed by atoms with van der Waals surface area (Å²) in [5.74, 6) is -0.0973. The number of aliphatic hydroxyl groups excluding tert-OH is 1. The smallest absolute Gasteiger partial charge is 0.248 e. The molecule has 2 heterocycles. The predicted octanol–water partition coefficient (Wildman–Crippen LogP) is 3.54. The predicted molar refractivity (Wildman–Crippen MR) is 135 cm³/mol. The van der Waals surface area contributed by atoms with E-state index in [0.717, 1.165) is 10.4 Å². The maximum atomic E-state index is 13.5. The normalized spacial score (nSPS) is 14.4. The molecule has 0 saturated carbocycles. The number of thiophene rings is 1. The van der Waals surface area contributed by atoms with Crippen molar-refractivity contribution >= 4 is 27.3 Å². The maximum absolute atomic E-state index is 13.5. The monoisotopic (exact) mass is 517 g/mol. The van der Waals surface area contributed by atoms with Crippen LogP contribution in [0.1, 0.15) is 29.5 Å². The highest BCUT2D eigenvalue weighted by Crippen LogP contribution is 2.24. The zero-order valence-electron chi connectivity index (χ0n) is 19.8. The van der Waals surface area contributed by atoms with Gasteiger partial charge in [0.2, 0.25) is 15.9 Å². The number of amides is 1. The molecule has 8 nitrogen and oxygen atoms in total. The van der Waals surface area contributed by atoms with Crippen LogP contribution in [0.25, 0.3) is 0 Å². The van der Waals surface area contributed by atoms with Crippen molar-refractivity contribution in [1.82, 2.24) is 14.8 Å². The van der Waals surface area contributed by atoms with Gasteiger partial charge in [-0.2, -0.15) is 4.31 Å². The standard InChI is InChI=1S/C25H31N3O5S2/c1-4-18(2)13-25(30)27-22(14-20-9-6-5-7-10-20)23(29)17-28(16-21-11-8-12-34-21)35(31,32)24-15-26-33-19(24)3/h4-12,15,18,22-23,29H,1,13-14,16-17H2,2-3H3,(H,27,30)/t18-,22-,23+/m0/s1. The molecule has 3 rings (SSSR count). The Morgan fingerprint density at radius 1 is 1.29 bits per heavy atom. The molecule has 3 aromatic rings. The van der Waals surface area contributed by atoms with Gasteiger partial charge in [0.05, 0.1) is 18.3 Å². The molecular formula is C25H31N3O5S2. The summed E-state index contributed by atoms with van der Waals surface area (Å²) in [6.07, 6.45) is 2.25. The summed E-state index contributed by atoms with van der Waals surface area (Å²) in [6, 6.07) is 12.4. The highest BCUT2D eigenvalue weighted by atomic mass is 32.2. The van der Waals surface area contributed by atoms with Crippen LogP contribution in [0, 0.1) is 12.8 Å². The van der Waals surface area contributed by atoms with E-state index in [1.165, 1.54) is 28.8 Å². The van der Waals surface area contributed by atoms with Crippen molar-refractivity contribution in [3.05, 3.63) is 82.9 Å². The van der Waals surface area contributed by atoms with Crippen molar-refractivity contribution in [3.8, 4) is 0 Å². The number of allylic oxidation sites excluding steroid dienone is 1. The van der Waals surface area contributed by atoms with E-state index >= 15 is 0 Å². The second-order valence-electron chi connectivity index (χ2n) is 8.47. The molecule has 0 radical (unpaired) electrons. The molecule has 10 heteroatoms. The first-order valence-corrected chi connectivity index (χ1v) is 13.6. The molecule has 0 aliphatic carbocycles. The Morgan fingerprint density at radius 2 is 2.03 bits per heavy atom. The number of hydrogen-bond acceptors (Lipinski definition) is 7. The van der Waals surface area contributed by atoms with Crippen LogP contribution < -0.4 is 5.32 Å². The van der Waals surface area contributed by atoms with Crippen LogP contribution in [0.2, 0.25) is 0 Å². The van der Waals surface area contributed by atoms with Gasteiger partial charge in [-0.05, 0) is 36.3 Å². The fraction of sp³-hybridized carbons (Fsp3) is 0.360. The molecule has 0 fully saturated rings. The van der Waals surface area contributed by atoms with E-state index in [4.69, 9.17) is 4.52 Å². The summed E-state index contributed by atoms with van der Waals surface area (Å²) < 4.78 is 33.2. The van der Waals surface area contributed by atoms with Crippen molar-refractivity contribution in [3.63, 3.8) is 0 Å². The Kier molecular flexibility index (Phi) is 9.39. The number of nitrogens with one attached hydrogen (secondary N) is 1. The Bertz CT molecular complexity index is 1190. The van der Waals surface area contributed by atoms with E-state index < -0.39 is 22.2 Å². The summed E-state index contributed by atoms with van der Waals surface area (Å²) in [7, 11) is -4.02. The van der Waals surface area contributed by atoms with E-state index in [-0.39, 0.29) is 42.0 Å². The lowest BCUT2D eigenvalue weighted by Crippen LogP contribution is -2.50. The first-order chi connectivity index (χ1) is 16.7. The minimum Gasteiger partial charge on any atom is -0.390 e. The molecule has 0 bridgehead atoms. The van der Waals surface area contributed by atoms with Crippen LogP contribution in [0.3, 0.4) is 0 Å². The lowest BCUT2D eigenvalue weighted by molar-refractivity contribution is -0.123. The van der Waals surface area contributed by atoms with Gasteiger partial charge < -0.3 is 14.9 Å². The first kappa shape index (κ1) is 26.8. The molecule has 0 saturated heterocycles. The zero-order chi connectivity index (χ0) is 25.4. The van der Waals surface area contributed by atoms with Gasteiger partial charge in [-0.3, -0.25) is 4.79 Å². The molecule has 2 aromatic heterocycles. The fourth-order valence-corrected chi connectivity index (χ4v) is 5.94. The SMILES string of the molecule is C=C[C@H](C)CC(=O)N[C@@H](Cc1ccccc1)[C@H](O)CN(Cc1cccs1)S(=O)(=O)c1cnoc1C. The van der Waals surface area contributed by atoms with Gasteiger partial charge in [-0.25, -0.2) is 8.42 Å². The van der Waals surface area contributed by atoms with Crippen molar-refractivity contribution in [2.45, 2.75) is 50.3 Å². The second-order valence-corrected chi connectivity index (χ2v) is 11.4. The minimum absolute atomic E-state index is 0.0308. The number of carbonyl (C=O) groups is 1. The number of aromatic nitrogens is 1. The minimum atomic E-state index is -4.02. The van der Waals surface area contributed by atoms with Crippen molar-refractivity contribution in [1.29, 1.82) is 0 Å². The van der Waals surface area contributed by atoms with E-state index in [0.29, 0.717) is 6.42 Å². The summed E-state index contributed by atoms with van der Waals surface area (Å²) >= 11 is 1.42. The molecule has 1 amide bonds. The van der Waals surface area contributed by atoms with Crippen LogP contribution in [0.5, 0.6) is 0 Å². The van der Waals surface area contributed by atoms with Gasteiger partial charge in [-0.15, -0.1) is 17.9 Å². The number of aliphatic hydroxyl groups is 1. The summed E-state index contributed by atoms with van der Waals surface area (Å²) in [5, 5.41) is 19.6. The van der Waals surface area contributed by atoms with Gasteiger partial charge in [0.15, 0.2) is 5.76 Å². The maximum Gasteiger partial charge on any atom is 0.248 e. The third-order valence-electron chi connectivity index (χ3n) is 5.65. The largest absolute Gasteiger partial charge is 0.390 e. The van der Waals surface area contributed by atoms with E-state index in [2.05, 4.69) is 17.1 Å². The lowest BCUT2D eigenvalue weighted by Gasteiger charge is -2.29. The molecule has 0 aliphatic heterocycles. The molecule has 1 aromatic carbocycles. The van der Waals surface area contributed by atoms with Crippen molar-refractivity contribution in [2.75, 3.05) is 6.54 Å². The second kappa shape index (κ2) is 12.3. The number of nitrogens with zero attached hydrogens (tertiary/aromatic N) is 2. The quantitative estimate of drug-likeness (QED) is 0.336. The lowest BCUT2D eigenvalue weighted by atomic mass is 10.00. The van der Waals surface area contributed by atoms with Crippen molar-refractivity contribution < 1.29 is 22.8 Å². The fourth-order valence-electron chi connectivity index (χ4n) is 3.63. The van der Waals surface area contributed by atoms with Crippen LogP contribution in [-0.4, -0.2) is 47.6 Å². The molecule has 0 unspecified atom stereocenters. The Balaban J connectivity index is 1.87. The summed E-state index contributed by atoms with van der Waals surface area (Å²) in [5.41, 5.74) is 0.913. The Labute approximate surface area is 210 Å². The Hall–Kier alpha value is -2.79. The molecule has 3 atom stereocenters. The number of rotatable bonds is 13. The Morgan fingerprint density at radius 3 is 2.63 bits per heavy atom. The first-order valence-electron chi connectivity index (χ1n) is 11.3. The van der Waals surface area contributed by atoms with Crippen LogP contribution in [-0.2, 0) is 27.8 Å². The number of hydrogen-bond donors (Lipinski definition) is 2. The van der Waals surface area contributed by atoms with E-state index in [1.807, 2.05) is 54.8 Å². The van der Waals surface area contributed by atoms with Gasteiger partial charge in [0.1, 0.15) is 4.90 Å². The summed E-state index contributed by atoms with van der Waals surface area (Å²) in [6.45, 7) is 6.97.